The molecule has 0 bridgehead atoms. The van der Waals surface area contributed by atoms with Gasteiger partial charge in [0.25, 0.3) is 0 Å². The van der Waals surface area contributed by atoms with Crippen LogP contribution in [0.3, 0.4) is 0 Å². The van der Waals surface area contributed by atoms with Crippen LogP contribution in [0.25, 0.3) is 0 Å². The average molecular weight is 256 g/mol. The van der Waals surface area contributed by atoms with Crippen molar-refractivity contribution in [2.75, 3.05) is 31.7 Å². The lowest BCUT2D eigenvalue weighted by molar-refractivity contribution is 0.0922. The van der Waals surface area contributed by atoms with Crippen LogP contribution in [0.15, 0.2) is 12.1 Å². The molecule has 18 heavy (non-hydrogen) atoms. The minimum Gasteiger partial charge on any atom is -0.394 e. The summed E-state index contributed by atoms with van der Waals surface area (Å²) in [4.78, 5) is 0. The largest absolute Gasteiger partial charge is 0.394 e. The Bertz CT molecular complexity index is 433. The zero-order valence-corrected chi connectivity index (χ0v) is 9.75. The van der Waals surface area contributed by atoms with Crippen LogP contribution in [0, 0.1) is 23.0 Å². The van der Waals surface area contributed by atoms with Crippen molar-refractivity contribution >= 4 is 5.69 Å². The molecule has 1 aromatic carbocycles. The van der Waals surface area contributed by atoms with Crippen molar-refractivity contribution in [2.45, 2.75) is 6.42 Å². The van der Waals surface area contributed by atoms with Gasteiger partial charge in [-0.1, -0.05) is 0 Å². The van der Waals surface area contributed by atoms with E-state index in [1.807, 2.05) is 0 Å². The highest BCUT2D eigenvalue weighted by atomic mass is 19.2. The van der Waals surface area contributed by atoms with Gasteiger partial charge in [0.2, 0.25) is 0 Å². The molecule has 2 N–H and O–H groups in total. The van der Waals surface area contributed by atoms with E-state index >= 15 is 0 Å². The van der Waals surface area contributed by atoms with Gasteiger partial charge in [-0.25, -0.2) is 8.78 Å². The Labute approximate surface area is 104 Å². The van der Waals surface area contributed by atoms with Gasteiger partial charge in [0, 0.05) is 13.2 Å². The van der Waals surface area contributed by atoms with Gasteiger partial charge in [-0.2, -0.15) is 5.26 Å². The Hall–Kier alpha value is -1.71. The summed E-state index contributed by atoms with van der Waals surface area (Å²) in [6.45, 7) is 1.06. The summed E-state index contributed by atoms with van der Waals surface area (Å²) in [6, 6.07) is 4.12. The maximum atomic E-state index is 13.4. The maximum Gasteiger partial charge on any atom is 0.183 e. The molecule has 0 aliphatic rings. The highest BCUT2D eigenvalue weighted by Gasteiger charge is 2.12. The minimum absolute atomic E-state index is 0.0219. The molecule has 0 heterocycles. The van der Waals surface area contributed by atoms with Crippen LogP contribution >= 0.6 is 0 Å². The monoisotopic (exact) mass is 256 g/mol. The van der Waals surface area contributed by atoms with Crippen LogP contribution in [0.5, 0.6) is 0 Å². The van der Waals surface area contributed by atoms with E-state index in [0.29, 0.717) is 19.6 Å². The number of hydrogen-bond acceptors (Lipinski definition) is 4. The van der Waals surface area contributed by atoms with Gasteiger partial charge in [-0.3, -0.25) is 0 Å². The Morgan fingerprint density at radius 1 is 1.28 bits per heavy atom. The predicted molar refractivity (Wildman–Crippen MR) is 62.1 cm³/mol. The van der Waals surface area contributed by atoms with E-state index in [1.165, 1.54) is 12.1 Å². The van der Waals surface area contributed by atoms with Gasteiger partial charge in [0.1, 0.15) is 6.07 Å². The normalized spacial score (nSPS) is 10.1. The number of ether oxygens (including phenoxy) is 1. The van der Waals surface area contributed by atoms with Crippen molar-refractivity contribution in [1.29, 1.82) is 5.26 Å². The number of aliphatic hydroxyl groups excluding tert-OH is 1. The average Bonchev–Trinajstić information content (AvgIpc) is 2.38. The standard InChI is InChI=1S/C12H14F2N2O2/c13-11-9(8-15)2-3-10(12(11)14)16-4-1-6-18-7-5-17/h2-3,16-17H,1,4-7H2. The Balaban J connectivity index is 2.44. The van der Waals surface area contributed by atoms with Crippen LogP contribution in [-0.2, 0) is 4.74 Å². The smallest absolute Gasteiger partial charge is 0.183 e. The number of hydrogen-bond donors (Lipinski definition) is 2. The van der Waals surface area contributed by atoms with Crippen LogP contribution in [0.2, 0.25) is 0 Å². The third kappa shape index (κ3) is 3.95. The second-order valence-corrected chi connectivity index (χ2v) is 3.52. The number of nitrogens with zero attached hydrogens (tertiary/aromatic N) is 1. The van der Waals surface area contributed by atoms with Crippen molar-refractivity contribution < 1.29 is 18.6 Å². The van der Waals surface area contributed by atoms with Crippen molar-refractivity contribution in [3.05, 3.63) is 29.3 Å². The number of halogens is 2. The predicted octanol–water partition coefficient (Wildman–Crippen LogP) is 1.65. The lowest BCUT2D eigenvalue weighted by Gasteiger charge is -2.08. The number of benzene rings is 1. The molecule has 0 unspecified atom stereocenters. The van der Waals surface area contributed by atoms with E-state index in [2.05, 4.69) is 5.32 Å². The van der Waals surface area contributed by atoms with E-state index in [-0.39, 0.29) is 24.5 Å². The Morgan fingerprint density at radius 2 is 2.06 bits per heavy atom. The van der Waals surface area contributed by atoms with Gasteiger partial charge in [0.15, 0.2) is 11.6 Å². The molecular weight excluding hydrogens is 242 g/mol. The first kappa shape index (κ1) is 14.4. The maximum absolute atomic E-state index is 13.4. The number of rotatable bonds is 7. The second-order valence-electron chi connectivity index (χ2n) is 3.52. The quantitative estimate of drug-likeness (QED) is 0.728. The lowest BCUT2D eigenvalue weighted by Crippen LogP contribution is -2.09. The molecule has 1 aromatic rings. The first-order valence-electron chi connectivity index (χ1n) is 5.51. The molecule has 6 heteroatoms. The summed E-state index contributed by atoms with van der Waals surface area (Å²) in [5.41, 5.74) is -0.294. The first-order valence-corrected chi connectivity index (χ1v) is 5.51. The molecule has 0 aliphatic heterocycles. The summed E-state index contributed by atoms with van der Waals surface area (Å²) in [5, 5.41) is 19.7. The molecule has 4 nitrogen and oxygen atoms in total. The summed E-state index contributed by atoms with van der Waals surface area (Å²) >= 11 is 0. The molecule has 0 spiro atoms. The molecule has 0 aliphatic carbocycles. The summed E-state index contributed by atoms with van der Waals surface area (Å²) in [5.74, 6) is -2.19. The molecule has 0 aromatic heterocycles. The molecule has 1 rings (SSSR count). The van der Waals surface area contributed by atoms with Crippen molar-refractivity contribution in [2.24, 2.45) is 0 Å². The third-order valence-corrected chi connectivity index (χ3v) is 2.22. The fourth-order valence-electron chi connectivity index (χ4n) is 1.34. The van der Waals surface area contributed by atoms with E-state index in [9.17, 15) is 8.78 Å². The van der Waals surface area contributed by atoms with Crippen molar-refractivity contribution in [3.8, 4) is 6.07 Å². The second kappa shape index (κ2) is 7.58. The van der Waals surface area contributed by atoms with Gasteiger partial charge >= 0.3 is 0 Å². The van der Waals surface area contributed by atoms with E-state index < -0.39 is 11.6 Å². The Morgan fingerprint density at radius 3 is 2.72 bits per heavy atom. The number of aliphatic hydroxyl groups is 1. The fraction of sp³-hybridized carbons (Fsp3) is 0.417. The highest BCUT2D eigenvalue weighted by molar-refractivity contribution is 5.49. The molecule has 0 radical (unpaired) electrons. The first-order chi connectivity index (χ1) is 8.70. The molecule has 0 amide bonds. The van der Waals surface area contributed by atoms with Crippen molar-refractivity contribution in [1.82, 2.24) is 0 Å². The van der Waals surface area contributed by atoms with Gasteiger partial charge in [-0.05, 0) is 18.6 Å². The molecule has 0 saturated carbocycles. The topological polar surface area (TPSA) is 65.3 Å². The van der Waals surface area contributed by atoms with E-state index in [1.54, 1.807) is 6.07 Å². The lowest BCUT2D eigenvalue weighted by atomic mass is 10.2. The summed E-state index contributed by atoms with van der Waals surface area (Å²) in [6.07, 6.45) is 0.598. The van der Waals surface area contributed by atoms with E-state index in [0.717, 1.165) is 0 Å². The molecule has 98 valence electrons. The van der Waals surface area contributed by atoms with E-state index in [4.69, 9.17) is 15.1 Å². The van der Waals surface area contributed by atoms with Gasteiger partial charge in [-0.15, -0.1) is 0 Å². The van der Waals surface area contributed by atoms with Gasteiger partial charge < -0.3 is 15.2 Å². The van der Waals surface area contributed by atoms with Crippen molar-refractivity contribution in [3.63, 3.8) is 0 Å². The summed E-state index contributed by atoms with van der Waals surface area (Å²) in [7, 11) is 0. The Kier molecular flexibility index (Phi) is 6.05. The zero-order valence-electron chi connectivity index (χ0n) is 9.75. The van der Waals surface area contributed by atoms with Crippen LogP contribution in [-0.4, -0.2) is 31.5 Å². The van der Waals surface area contributed by atoms with Crippen LogP contribution in [0.1, 0.15) is 12.0 Å². The SMILES string of the molecule is N#Cc1ccc(NCCCOCCO)c(F)c1F. The highest BCUT2D eigenvalue weighted by Crippen LogP contribution is 2.19. The van der Waals surface area contributed by atoms with Crippen LogP contribution in [0.4, 0.5) is 14.5 Å². The molecule has 0 saturated heterocycles. The van der Waals surface area contributed by atoms with Crippen LogP contribution < -0.4 is 5.32 Å². The molecular formula is C12H14F2N2O2. The summed E-state index contributed by atoms with van der Waals surface area (Å²) < 4.78 is 31.7. The number of nitriles is 1. The zero-order chi connectivity index (χ0) is 13.4. The molecule has 0 fully saturated rings. The fourth-order valence-corrected chi connectivity index (χ4v) is 1.34. The molecule has 0 atom stereocenters. The minimum atomic E-state index is -1.14. The third-order valence-electron chi connectivity index (χ3n) is 2.22. The van der Waals surface area contributed by atoms with Gasteiger partial charge in [0.05, 0.1) is 24.5 Å². The number of nitrogens with one attached hydrogen (secondary N) is 1. The number of anilines is 1.